The summed E-state index contributed by atoms with van der Waals surface area (Å²) in [6.45, 7) is 4.71. The first-order chi connectivity index (χ1) is 16.4. The van der Waals surface area contributed by atoms with Gasteiger partial charge in [-0.2, -0.15) is 0 Å². The summed E-state index contributed by atoms with van der Waals surface area (Å²) >= 11 is 5.90. The Labute approximate surface area is 202 Å². The van der Waals surface area contributed by atoms with Crippen molar-refractivity contribution in [1.29, 1.82) is 0 Å². The van der Waals surface area contributed by atoms with Gasteiger partial charge in [-0.1, -0.05) is 41.9 Å². The molecular weight excluding hydrogens is 450 g/mol. The molecule has 0 spiro atoms. The number of allylic oxidation sites excluding steroid dienone is 1. The molecule has 1 aliphatic heterocycles. The molecule has 1 aliphatic rings. The maximum absolute atomic E-state index is 13.1. The summed E-state index contributed by atoms with van der Waals surface area (Å²) in [7, 11) is 0. The quantitative estimate of drug-likeness (QED) is 0.192. The molecule has 0 bridgehead atoms. The van der Waals surface area contributed by atoms with Gasteiger partial charge < -0.3 is 14.0 Å². The summed E-state index contributed by atoms with van der Waals surface area (Å²) < 4.78 is 13.6. The van der Waals surface area contributed by atoms with Gasteiger partial charge in [-0.3, -0.25) is 9.59 Å². The van der Waals surface area contributed by atoms with Crippen LogP contribution in [-0.4, -0.2) is 16.3 Å². The number of fused-ring (bicyclic) bond motifs is 2. The molecule has 0 N–H and O–H groups in total. The number of nitrogens with zero attached hydrogens (tertiary/aromatic N) is 1. The Morgan fingerprint density at radius 2 is 1.88 bits per heavy atom. The van der Waals surface area contributed by atoms with Gasteiger partial charge in [-0.15, -0.1) is 0 Å². The summed E-state index contributed by atoms with van der Waals surface area (Å²) in [5, 5.41) is 1.66. The van der Waals surface area contributed by atoms with Crippen molar-refractivity contribution in [3.63, 3.8) is 0 Å². The van der Waals surface area contributed by atoms with Crippen LogP contribution in [0.3, 0.4) is 0 Å². The summed E-state index contributed by atoms with van der Waals surface area (Å²) in [6, 6.07) is 18.4. The van der Waals surface area contributed by atoms with Crippen LogP contribution < -0.4 is 9.47 Å². The zero-order valence-corrected chi connectivity index (χ0v) is 19.6. The van der Waals surface area contributed by atoms with Crippen LogP contribution in [0.15, 0.2) is 72.6 Å². The fourth-order valence-electron chi connectivity index (χ4n) is 4.27. The van der Waals surface area contributed by atoms with Crippen LogP contribution in [-0.2, 0) is 17.8 Å². The third kappa shape index (κ3) is 4.11. The van der Waals surface area contributed by atoms with Gasteiger partial charge in [0.2, 0.25) is 5.78 Å². The number of rotatable bonds is 5. The van der Waals surface area contributed by atoms with Crippen LogP contribution in [0.5, 0.6) is 11.5 Å². The van der Waals surface area contributed by atoms with Gasteiger partial charge in [0.1, 0.15) is 11.5 Å². The molecule has 0 amide bonds. The number of ether oxygens (including phenoxy) is 2. The summed E-state index contributed by atoms with van der Waals surface area (Å²) in [5.41, 5.74) is 4.00. The lowest BCUT2D eigenvalue weighted by Gasteiger charge is -2.08. The second-order valence-electron chi connectivity index (χ2n) is 8.22. The standard InChI is InChI=1S/C28H22ClNO4/c1-3-30-16-19(22-6-4-5-7-23(22)30)14-25-28(32)27-17(2)12-21(15-24(27)34-25)33-26(31)13-18-8-10-20(29)11-9-18/h4-12,14-16H,3,13H2,1-2H3/b25-14-. The van der Waals surface area contributed by atoms with Gasteiger partial charge >= 0.3 is 5.97 Å². The molecule has 170 valence electrons. The van der Waals surface area contributed by atoms with Gasteiger partial charge in [0.05, 0.1) is 12.0 Å². The zero-order valence-electron chi connectivity index (χ0n) is 18.8. The number of ketones is 1. The molecule has 6 heteroatoms. The van der Waals surface area contributed by atoms with E-state index < -0.39 is 5.97 Å². The molecule has 4 aromatic rings. The number of carbonyl (C=O) groups is 2. The highest BCUT2D eigenvalue weighted by atomic mass is 35.5. The molecule has 0 aliphatic carbocycles. The van der Waals surface area contributed by atoms with Crippen LogP contribution in [0.25, 0.3) is 17.0 Å². The molecule has 5 nitrogen and oxygen atoms in total. The van der Waals surface area contributed by atoms with Crippen molar-refractivity contribution >= 4 is 40.3 Å². The monoisotopic (exact) mass is 471 g/mol. The predicted molar refractivity (Wildman–Crippen MR) is 133 cm³/mol. The maximum atomic E-state index is 13.1. The number of Topliss-reactive ketones (excluding diaryl/α,β-unsaturated/α-hetero) is 1. The maximum Gasteiger partial charge on any atom is 0.315 e. The Bertz CT molecular complexity index is 1460. The Kier molecular flexibility index (Phi) is 5.72. The Hall–Kier alpha value is -3.83. The molecule has 5 rings (SSSR count). The molecule has 3 aromatic carbocycles. The average Bonchev–Trinajstić information content (AvgIpc) is 3.33. The van der Waals surface area contributed by atoms with Crippen molar-refractivity contribution in [3.05, 3.63) is 99.9 Å². The number of halogens is 1. The minimum atomic E-state index is -0.408. The van der Waals surface area contributed by atoms with Crippen molar-refractivity contribution in [2.75, 3.05) is 0 Å². The number of carbonyl (C=O) groups excluding carboxylic acids is 2. The van der Waals surface area contributed by atoms with Crippen LogP contribution in [0, 0.1) is 6.92 Å². The van der Waals surface area contributed by atoms with E-state index in [2.05, 4.69) is 17.6 Å². The molecule has 34 heavy (non-hydrogen) atoms. The minimum Gasteiger partial charge on any atom is -0.452 e. The van der Waals surface area contributed by atoms with Crippen LogP contribution in [0.1, 0.15) is 34.0 Å². The van der Waals surface area contributed by atoms with E-state index in [-0.39, 0.29) is 18.0 Å². The Morgan fingerprint density at radius 3 is 2.65 bits per heavy atom. The highest BCUT2D eigenvalue weighted by molar-refractivity contribution is 6.30. The van der Waals surface area contributed by atoms with Crippen molar-refractivity contribution < 1.29 is 19.1 Å². The third-order valence-corrected chi connectivity index (χ3v) is 6.14. The summed E-state index contributed by atoms with van der Waals surface area (Å²) in [5.74, 6) is 0.396. The molecule has 1 aromatic heterocycles. The van der Waals surface area contributed by atoms with E-state index in [0.29, 0.717) is 27.6 Å². The smallest absolute Gasteiger partial charge is 0.315 e. The van der Waals surface area contributed by atoms with Crippen molar-refractivity contribution in [2.24, 2.45) is 0 Å². The van der Waals surface area contributed by atoms with Crippen molar-refractivity contribution in [1.82, 2.24) is 4.57 Å². The van der Waals surface area contributed by atoms with Crippen molar-refractivity contribution in [2.45, 2.75) is 26.8 Å². The third-order valence-electron chi connectivity index (χ3n) is 5.88. The number of aryl methyl sites for hydroxylation is 2. The molecule has 0 atom stereocenters. The molecule has 0 saturated carbocycles. The van der Waals surface area contributed by atoms with Gasteiger partial charge in [0.15, 0.2) is 5.76 Å². The average molecular weight is 472 g/mol. The lowest BCUT2D eigenvalue weighted by Crippen LogP contribution is -2.11. The van der Waals surface area contributed by atoms with E-state index in [1.165, 1.54) is 0 Å². The van der Waals surface area contributed by atoms with E-state index in [0.717, 1.165) is 28.6 Å². The number of benzene rings is 3. The van der Waals surface area contributed by atoms with Crippen LogP contribution >= 0.6 is 11.6 Å². The second-order valence-corrected chi connectivity index (χ2v) is 8.65. The Balaban J connectivity index is 1.40. The van der Waals surface area contributed by atoms with E-state index >= 15 is 0 Å². The summed E-state index contributed by atoms with van der Waals surface area (Å²) in [6.07, 6.45) is 3.91. The number of esters is 1. The lowest BCUT2D eigenvalue weighted by molar-refractivity contribution is -0.133. The fourth-order valence-corrected chi connectivity index (χ4v) is 4.39. The molecule has 0 radical (unpaired) electrons. The second kappa shape index (κ2) is 8.84. The van der Waals surface area contributed by atoms with Crippen molar-refractivity contribution in [3.8, 4) is 11.5 Å². The molecule has 2 heterocycles. The van der Waals surface area contributed by atoms with E-state index in [9.17, 15) is 9.59 Å². The topological polar surface area (TPSA) is 57.5 Å². The van der Waals surface area contributed by atoms with Gasteiger partial charge in [0, 0.05) is 40.3 Å². The first kappa shape index (κ1) is 22.0. The van der Waals surface area contributed by atoms with E-state index in [1.54, 1.807) is 42.5 Å². The summed E-state index contributed by atoms with van der Waals surface area (Å²) in [4.78, 5) is 25.5. The number of para-hydroxylation sites is 1. The fraction of sp³-hybridized carbons (Fsp3) is 0.143. The van der Waals surface area contributed by atoms with E-state index in [1.807, 2.05) is 31.3 Å². The van der Waals surface area contributed by atoms with Crippen LogP contribution in [0.4, 0.5) is 0 Å². The van der Waals surface area contributed by atoms with Crippen LogP contribution in [0.2, 0.25) is 5.02 Å². The minimum absolute atomic E-state index is 0.111. The Morgan fingerprint density at radius 1 is 1.12 bits per heavy atom. The molecule has 0 fully saturated rings. The highest BCUT2D eigenvalue weighted by Crippen LogP contribution is 2.38. The molecule has 0 unspecified atom stereocenters. The SMILES string of the molecule is CCn1cc(/C=C2\Oc3cc(OC(=O)Cc4ccc(Cl)cc4)cc(C)c3C2=O)c2ccccc21. The lowest BCUT2D eigenvalue weighted by atomic mass is 10.0. The number of hydrogen-bond donors (Lipinski definition) is 0. The zero-order chi connectivity index (χ0) is 23.8. The van der Waals surface area contributed by atoms with E-state index in [4.69, 9.17) is 21.1 Å². The first-order valence-corrected chi connectivity index (χ1v) is 11.4. The van der Waals surface area contributed by atoms with Gasteiger partial charge in [0.25, 0.3) is 0 Å². The van der Waals surface area contributed by atoms with Gasteiger partial charge in [-0.25, -0.2) is 0 Å². The highest BCUT2D eigenvalue weighted by Gasteiger charge is 2.30. The first-order valence-electron chi connectivity index (χ1n) is 11.0. The predicted octanol–water partition coefficient (Wildman–Crippen LogP) is 6.39. The number of hydrogen-bond acceptors (Lipinski definition) is 4. The molecular formula is C28H22ClNO4. The normalized spacial score (nSPS) is 13.9. The molecule has 0 saturated heterocycles. The van der Waals surface area contributed by atoms with Gasteiger partial charge in [-0.05, 0) is 55.3 Å². The number of aromatic nitrogens is 1. The largest absolute Gasteiger partial charge is 0.452 e.